The van der Waals surface area contributed by atoms with Gasteiger partial charge < -0.3 is 0 Å². The first kappa shape index (κ1) is 20.1. The number of nitriles is 2. The Morgan fingerprint density at radius 2 is 1.83 bits per heavy atom. The van der Waals surface area contributed by atoms with E-state index in [4.69, 9.17) is 4.74 Å². The van der Waals surface area contributed by atoms with Gasteiger partial charge in [-0.2, -0.15) is 0 Å². The molecule has 0 aliphatic rings. The van der Waals surface area contributed by atoms with Crippen LogP contribution in [0.2, 0.25) is 0 Å². The Kier molecular flexibility index (Phi) is 6.29. The van der Waals surface area contributed by atoms with E-state index >= 15 is 0 Å². The summed E-state index contributed by atoms with van der Waals surface area (Å²) in [5.74, 6) is -0.0129. The van der Waals surface area contributed by atoms with Crippen molar-refractivity contribution in [3.8, 4) is 29.1 Å². The Morgan fingerprint density at radius 3 is 2.48 bits per heavy atom. The summed E-state index contributed by atoms with van der Waals surface area (Å²) >= 11 is 1.18. The molecule has 29 heavy (non-hydrogen) atoms. The Hall–Kier alpha value is -3.60. The maximum atomic E-state index is 11.8. The SMILES string of the molecule is CNC(=O)c1cccc(COc2nc([AsH2])c(C#N)c(-c3ccccc3)c2C#N)c1. The zero-order valence-corrected chi connectivity index (χ0v) is 18.1. The molecule has 6 nitrogen and oxygen atoms in total. The van der Waals surface area contributed by atoms with Gasteiger partial charge in [-0.1, -0.05) is 0 Å². The third-order valence-electron chi connectivity index (χ3n) is 4.27. The topological polar surface area (TPSA) is 98.8 Å². The fourth-order valence-corrected chi connectivity index (χ4v) is 3.58. The van der Waals surface area contributed by atoms with E-state index in [1.165, 1.54) is 16.9 Å². The number of ether oxygens (including phenoxy) is 1. The van der Waals surface area contributed by atoms with E-state index in [-0.39, 0.29) is 24.0 Å². The normalized spacial score (nSPS) is 9.93. The Balaban J connectivity index is 2.01. The average molecular weight is 444 g/mol. The molecule has 0 fully saturated rings. The number of carbonyl (C=O) groups is 1. The number of hydrogen-bond donors (Lipinski definition) is 1. The van der Waals surface area contributed by atoms with Crippen LogP contribution in [0.1, 0.15) is 27.0 Å². The number of rotatable bonds is 5. The molecular formula is C22H17AsN4O2. The first-order valence-corrected chi connectivity index (χ1v) is 9.93. The standard InChI is InChI=1S/C22H17AsN4O2/c1-26-21(28)16-9-5-6-14(10-16)13-29-22-18(12-25)19(15-7-3-2-4-8-15)17(11-24)20(23)27-22/h2-10H,13,23H2,1H3,(H,26,28). The molecule has 1 atom stereocenters. The van der Waals surface area contributed by atoms with Crippen molar-refractivity contribution >= 4 is 27.2 Å². The summed E-state index contributed by atoms with van der Waals surface area (Å²) in [7, 11) is 1.57. The summed E-state index contributed by atoms with van der Waals surface area (Å²) in [5.41, 5.74) is 3.17. The summed E-state index contributed by atoms with van der Waals surface area (Å²) in [6.07, 6.45) is 0. The second-order valence-corrected chi connectivity index (χ2v) is 7.23. The first-order valence-electron chi connectivity index (χ1n) is 8.72. The van der Waals surface area contributed by atoms with Crippen LogP contribution in [0.3, 0.4) is 0 Å². The zero-order chi connectivity index (χ0) is 20.8. The number of aromatic nitrogens is 1. The molecule has 2 aromatic carbocycles. The van der Waals surface area contributed by atoms with Crippen molar-refractivity contribution in [3.05, 3.63) is 76.9 Å². The molecule has 1 unspecified atom stereocenters. The van der Waals surface area contributed by atoms with Crippen molar-refractivity contribution < 1.29 is 9.53 Å². The van der Waals surface area contributed by atoms with Gasteiger partial charge in [-0.05, 0) is 0 Å². The van der Waals surface area contributed by atoms with Crippen LogP contribution in [0.25, 0.3) is 11.1 Å². The van der Waals surface area contributed by atoms with Crippen molar-refractivity contribution in [2.24, 2.45) is 0 Å². The molecule has 1 heterocycles. The third-order valence-corrected chi connectivity index (χ3v) is 5.15. The minimum atomic E-state index is -0.189. The van der Waals surface area contributed by atoms with E-state index in [0.29, 0.717) is 21.2 Å². The number of nitrogens with zero attached hydrogens (tertiary/aromatic N) is 3. The van der Waals surface area contributed by atoms with Gasteiger partial charge in [0.15, 0.2) is 0 Å². The fraction of sp³-hybridized carbons (Fsp3) is 0.0909. The number of amides is 1. The van der Waals surface area contributed by atoms with Crippen molar-refractivity contribution in [3.63, 3.8) is 0 Å². The molecule has 0 aliphatic heterocycles. The fourth-order valence-electron chi connectivity index (χ4n) is 2.89. The van der Waals surface area contributed by atoms with Crippen LogP contribution in [0, 0.1) is 22.7 Å². The number of carbonyl (C=O) groups excluding carboxylic acids is 1. The van der Waals surface area contributed by atoms with Crippen molar-refractivity contribution in [2.75, 3.05) is 7.05 Å². The van der Waals surface area contributed by atoms with Gasteiger partial charge in [0.2, 0.25) is 0 Å². The van der Waals surface area contributed by atoms with E-state index in [0.717, 1.165) is 11.1 Å². The molecule has 1 N–H and O–H groups in total. The van der Waals surface area contributed by atoms with Crippen LogP contribution >= 0.6 is 0 Å². The summed E-state index contributed by atoms with van der Waals surface area (Å²) in [4.78, 5) is 16.2. The van der Waals surface area contributed by atoms with E-state index in [1.54, 1.807) is 25.2 Å². The van der Waals surface area contributed by atoms with Crippen molar-refractivity contribution in [1.82, 2.24) is 10.3 Å². The Labute approximate surface area is 177 Å². The predicted molar refractivity (Wildman–Crippen MR) is 111 cm³/mol. The summed E-state index contributed by atoms with van der Waals surface area (Å²) < 4.78 is 6.41. The number of nitrogens with one attached hydrogen (secondary N) is 1. The Morgan fingerprint density at radius 1 is 1.10 bits per heavy atom. The molecule has 0 spiro atoms. The van der Waals surface area contributed by atoms with Crippen LogP contribution in [0.15, 0.2) is 54.6 Å². The first-order chi connectivity index (χ1) is 14.1. The molecule has 0 aliphatic carbocycles. The van der Waals surface area contributed by atoms with Crippen LogP contribution < -0.4 is 14.5 Å². The molecule has 142 valence electrons. The molecule has 0 saturated carbocycles. The summed E-state index contributed by atoms with van der Waals surface area (Å²) in [6, 6.07) is 20.6. The predicted octanol–water partition coefficient (Wildman–Crippen LogP) is 1.69. The van der Waals surface area contributed by atoms with Crippen molar-refractivity contribution in [1.29, 1.82) is 10.5 Å². The summed E-state index contributed by atoms with van der Waals surface area (Å²) in [5, 5.41) is 22.0. The Bertz CT molecular complexity index is 1150. The van der Waals surface area contributed by atoms with Gasteiger partial charge in [0.05, 0.1) is 0 Å². The molecule has 0 bridgehead atoms. The molecule has 3 aromatic rings. The van der Waals surface area contributed by atoms with Gasteiger partial charge in [-0.25, -0.2) is 0 Å². The molecule has 1 amide bonds. The van der Waals surface area contributed by atoms with Crippen LogP contribution in [0.4, 0.5) is 0 Å². The molecule has 7 heteroatoms. The second-order valence-electron chi connectivity index (χ2n) is 6.09. The molecule has 0 saturated heterocycles. The molecule has 3 rings (SSSR count). The zero-order valence-electron chi connectivity index (χ0n) is 15.6. The third kappa shape index (κ3) is 4.29. The molecular weight excluding hydrogens is 427 g/mol. The van der Waals surface area contributed by atoms with E-state index in [1.807, 2.05) is 36.4 Å². The maximum absolute atomic E-state index is 11.8. The quantitative estimate of drug-likeness (QED) is 0.604. The van der Waals surface area contributed by atoms with E-state index in [2.05, 4.69) is 22.4 Å². The van der Waals surface area contributed by atoms with Gasteiger partial charge in [-0.15, -0.1) is 0 Å². The van der Waals surface area contributed by atoms with E-state index < -0.39 is 0 Å². The second kappa shape index (κ2) is 9.06. The van der Waals surface area contributed by atoms with Crippen LogP contribution in [-0.4, -0.2) is 34.8 Å². The number of pyridine rings is 1. The van der Waals surface area contributed by atoms with Crippen LogP contribution in [-0.2, 0) is 6.61 Å². The van der Waals surface area contributed by atoms with Gasteiger partial charge >= 0.3 is 177 Å². The monoisotopic (exact) mass is 444 g/mol. The van der Waals surface area contributed by atoms with Gasteiger partial charge in [-0.3, -0.25) is 0 Å². The molecule has 0 radical (unpaired) electrons. The van der Waals surface area contributed by atoms with E-state index in [9.17, 15) is 15.3 Å². The van der Waals surface area contributed by atoms with Crippen molar-refractivity contribution in [2.45, 2.75) is 6.61 Å². The van der Waals surface area contributed by atoms with Gasteiger partial charge in [0.25, 0.3) is 0 Å². The number of benzene rings is 2. The van der Waals surface area contributed by atoms with Gasteiger partial charge in [0, 0.05) is 0 Å². The average Bonchev–Trinajstić information content (AvgIpc) is 2.77. The van der Waals surface area contributed by atoms with Crippen LogP contribution in [0.5, 0.6) is 5.88 Å². The molecule has 1 aromatic heterocycles. The summed E-state index contributed by atoms with van der Waals surface area (Å²) in [6.45, 7) is 0.138. The minimum absolute atomic E-state index is 0.138. The number of hydrogen-bond acceptors (Lipinski definition) is 5. The van der Waals surface area contributed by atoms with Gasteiger partial charge in [0.1, 0.15) is 0 Å².